The van der Waals surface area contributed by atoms with Crippen molar-refractivity contribution in [3.63, 3.8) is 0 Å². The van der Waals surface area contributed by atoms with E-state index < -0.39 is 45.4 Å². The topological polar surface area (TPSA) is 86.7 Å². The van der Waals surface area contributed by atoms with Gasteiger partial charge in [-0.2, -0.15) is 16.8 Å². The van der Waals surface area contributed by atoms with Crippen LogP contribution in [0.5, 0.6) is 0 Å². The Morgan fingerprint density at radius 3 is 0.909 bits per heavy atom. The zero-order valence-corrected chi connectivity index (χ0v) is 18.9. The molecular formula is C12H30O6S2Si2. The third-order valence-corrected chi connectivity index (χ3v) is 24.8. The Hall–Kier alpha value is 0.254. The van der Waals surface area contributed by atoms with E-state index in [1.54, 1.807) is 67.7 Å². The summed E-state index contributed by atoms with van der Waals surface area (Å²) in [5.74, 6) is 0. The average molecular weight is 391 g/mol. The Kier molecular flexibility index (Phi) is 6.03. The van der Waals surface area contributed by atoms with E-state index in [1.807, 2.05) is 0 Å². The lowest BCUT2D eigenvalue weighted by molar-refractivity contribution is 0.437. The van der Waals surface area contributed by atoms with Crippen molar-refractivity contribution in [2.24, 2.45) is 0 Å². The minimum absolute atomic E-state index is 1.06. The van der Waals surface area contributed by atoms with Crippen LogP contribution in [0.25, 0.3) is 0 Å². The smallest absolute Gasteiger partial charge is 0.262 e. The third kappa shape index (κ3) is 4.87. The maximum atomic E-state index is 12.3. The summed E-state index contributed by atoms with van der Waals surface area (Å²) in [5.41, 5.74) is 0. The van der Waals surface area contributed by atoms with Crippen LogP contribution in [0, 0.1) is 0 Å². The molecule has 0 unspecified atom stereocenters. The largest absolute Gasteiger partial charge is 0.315 e. The Balaban J connectivity index is 5.63. The molecule has 0 aliphatic carbocycles. The van der Waals surface area contributed by atoms with Crippen molar-refractivity contribution in [3.05, 3.63) is 0 Å². The van der Waals surface area contributed by atoms with Crippen LogP contribution >= 0.6 is 0 Å². The standard InChI is InChI=1S/C12H30O6S2Si2/c1-11(2,3)19(13,14)17-21(7,8)22(9,10)18-20(15,16)12(4,5)6/h1-10H3. The van der Waals surface area contributed by atoms with Gasteiger partial charge in [0.2, 0.25) is 15.7 Å². The van der Waals surface area contributed by atoms with E-state index in [0.29, 0.717) is 0 Å². The molecule has 0 heterocycles. The van der Waals surface area contributed by atoms with Crippen molar-refractivity contribution >= 4 is 35.9 Å². The number of hydrogen-bond acceptors (Lipinski definition) is 6. The van der Waals surface area contributed by atoms with E-state index in [4.69, 9.17) is 7.74 Å². The summed E-state index contributed by atoms with van der Waals surface area (Å²) in [6.45, 7) is 16.1. The quantitative estimate of drug-likeness (QED) is 0.671. The van der Waals surface area contributed by atoms with Crippen molar-refractivity contribution in [2.75, 3.05) is 0 Å². The molecule has 0 N–H and O–H groups in total. The molecule has 0 amide bonds. The molecule has 0 spiro atoms. The van der Waals surface area contributed by atoms with E-state index >= 15 is 0 Å². The van der Waals surface area contributed by atoms with Gasteiger partial charge in [-0.3, -0.25) is 0 Å². The lowest BCUT2D eigenvalue weighted by atomic mass is 10.3. The van der Waals surface area contributed by atoms with E-state index in [9.17, 15) is 16.8 Å². The first-order valence-corrected chi connectivity index (χ1v) is 16.7. The summed E-state index contributed by atoms with van der Waals surface area (Å²) >= 11 is 0. The van der Waals surface area contributed by atoms with Crippen LogP contribution in [-0.4, -0.2) is 42.0 Å². The summed E-state index contributed by atoms with van der Waals surface area (Å²) in [5, 5.41) is 0. The SMILES string of the molecule is CC(C)(C)S(=O)(=O)O[Si](C)(C)[Si](C)(C)OS(=O)(=O)C(C)(C)C. The fraction of sp³-hybridized carbons (Fsp3) is 1.00. The molecular weight excluding hydrogens is 360 g/mol. The fourth-order valence-electron chi connectivity index (χ4n) is 0.999. The van der Waals surface area contributed by atoms with Gasteiger partial charge in [-0.25, -0.2) is 0 Å². The first-order valence-electron chi connectivity index (χ1n) is 7.07. The van der Waals surface area contributed by atoms with E-state index in [1.165, 1.54) is 0 Å². The molecule has 10 heteroatoms. The van der Waals surface area contributed by atoms with Crippen molar-refractivity contribution < 1.29 is 24.6 Å². The van der Waals surface area contributed by atoms with Gasteiger partial charge in [-0.05, 0) is 67.7 Å². The highest BCUT2D eigenvalue weighted by Crippen LogP contribution is 2.31. The Morgan fingerprint density at radius 2 is 0.773 bits per heavy atom. The molecule has 0 atom stereocenters. The number of hydrogen-bond donors (Lipinski definition) is 0. The highest BCUT2D eigenvalue weighted by molar-refractivity contribution is 7.91. The molecule has 0 aliphatic rings. The normalized spacial score (nSPS) is 15.9. The minimum Gasteiger partial charge on any atom is -0.315 e. The molecule has 0 aliphatic heterocycles. The second kappa shape index (κ2) is 5.96. The first kappa shape index (κ1) is 22.3. The lowest BCUT2D eigenvalue weighted by Gasteiger charge is -2.38. The molecule has 0 bridgehead atoms. The third-order valence-electron chi connectivity index (χ3n) is 3.59. The predicted octanol–water partition coefficient (Wildman–Crippen LogP) is 2.76. The molecule has 0 fully saturated rings. The van der Waals surface area contributed by atoms with Gasteiger partial charge in [0.1, 0.15) is 0 Å². The summed E-state index contributed by atoms with van der Waals surface area (Å²) in [4.78, 5) is 0. The summed E-state index contributed by atoms with van der Waals surface area (Å²) in [6.07, 6.45) is 0. The molecule has 0 saturated carbocycles. The highest BCUT2D eigenvalue weighted by atomic mass is 32.2. The Bertz CT molecular complexity index is 551. The molecule has 0 aromatic heterocycles. The van der Waals surface area contributed by atoms with Crippen LogP contribution in [0.15, 0.2) is 0 Å². The zero-order chi connectivity index (χ0) is 18.4. The minimum atomic E-state index is -3.81. The predicted molar refractivity (Wildman–Crippen MR) is 94.5 cm³/mol. The summed E-state index contributed by atoms with van der Waals surface area (Å²) < 4.78 is 58.1. The van der Waals surface area contributed by atoms with Crippen LogP contribution in [0.3, 0.4) is 0 Å². The Labute approximate surface area is 137 Å². The highest BCUT2D eigenvalue weighted by Gasteiger charge is 2.54. The maximum Gasteiger partial charge on any atom is 0.262 e. The van der Waals surface area contributed by atoms with Crippen molar-refractivity contribution in [2.45, 2.75) is 77.2 Å². The van der Waals surface area contributed by atoms with Gasteiger partial charge >= 0.3 is 0 Å². The summed E-state index contributed by atoms with van der Waals surface area (Å²) in [6, 6.07) is 0. The van der Waals surface area contributed by atoms with Crippen LogP contribution in [0.4, 0.5) is 0 Å². The second-order valence-corrected chi connectivity index (χ2v) is 27.2. The van der Waals surface area contributed by atoms with E-state index in [0.717, 1.165) is 0 Å². The Morgan fingerprint density at radius 1 is 0.591 bits per heavy atom. The van der Waals surface area contributed by atoms with Gasteiger partial charge in [0, 0.05) is 0 Å². The van der Waals surface area contributed by atoms with Crippen molar-refractivity contribution in [3.8, 4) is 0 Å². The van der Waals surface area contributed by atoms with Crippen molar-refractivity contribution in [1.29, 1.82) is 0 Å². The molecule has 134 valence electrons. The lowest BCUT2D eigenvalue weighted by Crippen LogP contribution is -2.62. The van der Waals surface area contributed by atoms with Gasteiger partial charge in [-0.15, -0.1) is 0 Å². The molecule has 6 nitrogen and oxygen atoms in total. The van der Waals surface area contributed by atoms with Gasteiger partial charge in [0.25, 0.3) is 20.2 Å². The van der Waals surface area contributed by atoms with Crippen LogP contribution < -0.4 is 0 Å². The molecule has 0 saturated heterocycles. The van der Waals surface area contributed by atoms with E-state index in [2.05, 4.69) is 0 Å². The average Bonchev–Trinajstić information content (AvgIpc) is 2.09. The molecule has 0 aromatic carbocycles. The molecule has 22 heavy (non-hydrogen) atoms. The molecule has 0 aromatic rings. The van der Waals surface area contributed by atoms with Crippen molar-refractivity contribution in [1.82, 2.24) is 0 Å². The first-order chi connectivity index (χ1) is 9.16. The second-order valence-electron chi connectivity index (χ2n) is 8.32. The van der Waals surface area contributed by atoms with Crippen LogP contribution in [0.2, 0.25) is 26.2 Å². The van der Waals surface area contributed by atoms with E-state index in [-0.39, 0.29) is 0 Å². The fourth-order valence-corrected chi connectivity index (χ4v) is 14.6. The van der Waals surface area contributed by atoms with Gasteiger partial charge in [0.05, 0.1) is 9.49 Å². The van der Waals surface area contributed by atoms with Crippen LogP contribution in [-0.2, 0) is 28.0 Å². The zero-order valence-electron chi connectivity index (χ0n) is 15.3. The van der Waals surface area contributed by atoms with Crippen LogP contribution in [0.1, 0.15) is 41.5 Å². The van der Waals surface area contributed by atoms with Gasteiger partial charge in [0.15, 0.2) is 0 Å². The monoisotopic (exact) mass is 390 g/mol. The molecule has 0 rings (SSSR count). The number of rotatable bonds is 5. The van der Waals surface area contributed by atoms with Gasteiger partial charge < -0.3 is 7.74 Å². The molecule has 0 radical (unpaired) electrons. The van der Waals surface area contributed by atoms with Gasteiger partial charge in [-0.1, -0.05) is 0 Å². The maximum absolute atomic E-state index is 12.3. The summed E-state index contributed by atoms with van der Waals surface area (Å²) in [7, 11) is -13.4.